The first-order chi connectivity index (χ1) is 11.6. The van der Waals surface area contributed by atoms with E-state index < -0.39 is 0 Å². The van der Waals surface area contributed by atoms with Crippen LogP contribution in [0.3, 0.4) is 0 Å². The van der Waals surface area contributed by atoms with Gasteiger partial charge in [-0.05, 0) is 38.1 Å². The third-order valence-electron chi connectivity index (χ3n) is 6.06. The SMILES string of the molecule is CC(C)N1CCNC(=O)[C@@H]1CC(=O)N1C[C@@]2(C)CN(C)C[C@](C)(C1)C2. The van der Waals surface area contributed by atoms with E-state index in [-0.39, 0.29) is 34.7 Å². The van der Waals surface area contributed by atoms with Crippen molar-refractivity contribution in [3.05, 3.63) is 0 Å². The minimum absolute atomic E-state index is 0.00246. The van der Waals surface area contributed by atoms with Gasteiger partial charge in [0.15, 0.2) is 0 Å². The maximum absolute atomic E-state index is 13.1. The van der Waals surface area contributed by atoms with Crippen molar-refractivity contribution < 1.29 is 9.59 Å². The predicted octanol–water partition coefficient (Wildman–Crippen LogP) is 0.776. The van der Waals surface area contributed by atoms with Crippen LogP contribution in [0.5, 0.6) is 0 Å². The van der Waals surface area contributed by atoms with E-state index in [2.05, 4.69) is 49.9 Å². The highest BCUT2D eigenvalue weighted by molar-refractivity contribution is 5.89. The minimum Gasteiger partial charge on any atom is -0.353 e. The van der Waals surface area contributed by atoms with Crippen LogP contribution in [0.4, 0.5) is 0 Å². The van der Waals surface area contributed by atoms with Crippen molar-refractivity contribution in [3.8, 4) is 0 Å². The second-order valence-corrected chi connectivity index (χ2v) is 9.56. The van der Waals surface area contributed by atoms with E-state index in [9.17, 15) is 9.59 Å². The number of carbonyl (C=O) groups excluding carboxylic acids is 2. The second kappa shape index (κ2) is 6.54. The number of piperazine rings is 1. The van der Waals surface area contributed by atoms with Gasteiger partial charge in [0.05, 0.1) is 12.5 Å². The molecule has 3 heterocycles. The molecule has 3 aliphatic rings. The van der Waals surface area contributed by atoms with Crippen molar-refractivity contribution in [2.24, 2.45) is 10.8 Å². The van der Waals surface area contributed by atoms with Crippen LogP contribution in [0.25, 0.3) is 0 Å². The normalized spacial score (nSPS) is 37.3. The zero-order valence-electron chi connectivity index (χ0n) is 16.5. The van der Waals surface area contributed by atoms with Crippen LogP contribution in [-0.4, -0.2) is 84.9 Å². The average molecular weight is 351 g/mol. The number of hydrogen-bond donors (Lipinski definition) is 1. The highest BCUT2D eigenvalue weighted by Gasteiger charge is 2.49. The zero-order valence-corrected chi connectivity index (χ0v) is 16.5. The third kappa shape index (κ3) is 3.85. The first-order valence-electron chi connectivity index (χ1n) is 9.61. The summed E-state index contributed by atoms with van der Waals surface area (Å²) in [5.41, 5.74) is 0.310. The lowest BCUT2D eigenvalue weighted by atomic mass is 9.65. The van der Waals surface area contributed by atoms with Crippen molar-refractivity contribution in [3.63, 3.8) is 0 Å². The van der Waals surface area contributed by atoms with E-state index in [1.54, 1.807) is 0 Å². The second-order valence-electron chi connectivity index (χ2n) is 9.56. The van der Waals surface area contributed by atoms with Crippen LogP contribution in [0.15, 0.2) is 0 Å². The standard InChI is InChI=1S/C19H34N4O2/c1-14(2)23-7-6-20-17(25)15(23)8-16(24)22-12-18(3)9-19(4,13-22)11-21(5)10-18/h14-15H,6-13H2,1-5H3,(H,20,25)/t15-,18+,19+/m0/s1. The molecule has 2 amide bonds. The third-order valence-corrected chi connectivity index (χ3v) is 6.06. The van der Waals surface area contributed by atoms with Gasteiger partial charge in [-0.1, -0.05) is 13.8 Å². The largest absolute Gasteiger partial charge is 0.353 e. The van der Waals surface area contributed by atoms with E-state index in [1.165, 1.54) is 6.42 Å². The molecule has 3 rings (SSSR count). The molecular formula is C19H34N4O2. The number of nitrogens with one attached hydrogen (secondary N) is 1. The Labute approximate surface area is 151 Å². The van der Waals surface area contributed by atoms with Gasteiger partial charge in [-0.2, -0.15) is 0 Å². The number of rotatable bonds is 3. The van der Waals surface area contributed by atoms with Crippen LogP contribution >= 0.6 is 0 Å². The quantitative estimate of drug-likeness (QED) is 0.817. The summed E-state index contributed by atoms with van der Waals surface area (Å²) in [5.74, 6) is 0.136. The van der Waals surface area contributed by atoms with E-state index in [0.717, 1.165) is 32.7 Å². The Morgan fingerprint density at radius 3 is 2.36 bits per heavy atom. The van der Waals surface area contributed by atoms with E-state index >= 15 is 0 Å². The minimum atomic E-state index is -0.327. The highest BCUT2D eigenvalue weighted by Crippen LogP contribution is 2.45. The lowest BCUT2D eigenvalue weighted by molar-refractivity contribution is -0.148. The van der Waals surface area contributed by atoms with E-state index in [1.807, 2.05) is 4.90 Å². The Bertz CT molecular complexity index is 532. The molecule has 3 saturated heterocycles. The van der Waals surface area contributed by atoms with Crippen molar-refractivity contribution in [1.82, 2.24) is 20.0 Å². The van der Waals surface area contributed by atoms with Gasteiger partial charge in [0, 0.05) is 45.3 Å². The average Bonchev–Trinajstić information content (AvgIpc) is 2.45. The number of carbonyl (C=O) groups is 2. The topological polar surface area (TPSA) is 55.9 Å². The van der Waals surface area contributed by atoms with Gasteiger partial charge in [-0.25, -0.2) is 0 Å². The molecule has 6 heteroatoms. The fourth-order valence-electron chi connectivity index (χ4n) is 5.72. The Hall–Kier alpha value is -1.14. The molecule has 0 aromatic carbocycles. The van der Waals surface area contributed by atoms with Gasteiger partial charge in [0.25, 0.3) is 0 Å². The molecule has 0 radical (unpaired) electrons. The van der Waals surface area contributed by atoms with Gasteiger partial charge in [-0.3, -0.25) is 14.5 Å². The Morgan fingerprint density at radius 2 is 1.80 bits per heavy atom. The fourth-order valence-corrected chi connectivity index (χ4v) is 5.72. The maximum atomic E-state index is 13.1. The van der Waals surface area contributed by atoms with E-state index in [4.69, 9.17) is 0 Å². The van der Waals surface area contributed by atoms with Crippen molar-refractivity contribution in [2.45, 2.75) is 52.6 Å². The number of nitrogens with zero attached hydrogens (tertiary/aromatic N) is 3. The van der Waals surface area contributed by atoms with Crippen LogP contribution in [0, 0.1) is 10.8 Å². The lowest BCUT2D eigenvalue weighted by Gasteiger charge is -2.56. The molecule has 25 heavy (non-hydrogen) atoms. The van der Waals surface area contributed by atoms with Gasteiger partial charge < -0.3 is 15.1 Å². The number of hydrogen-bond acceptors (Lipinski definition) is 4. The molecule has 0 aromatic heterocycles. The Kier molecular flexibility index (Phi) is 4.88. The maximum Gasteiger partial charge on any atom is 0.237 e. The number of amides is 2. The van der Waals surface area contributed by atoms with Crippen molar-refractivity contribution in [1.29, 1.82) is 0 Å². The van der Waals surface area contributed by atoms with Gasteiger partial charge in [0.2, 0.25) is 11.8 Å². The molecule has 3 fully saturated rings. The van der Waals surface area contributed by atoms with Gasteiger partial charge in [-0.15, -0.1) is 0 Å². The molecule has 3 aliphatic heterocycles. The summed E-state index contributed by atoms with van der Waals surface area (Å²) in [7, 11) is 2.18. The summed E-state index contributed by atoms with van der Waals surface area (Å²) in [5, 5.41) is 2.93. The first-order valence-corrected chi connectivity index (χ1v) is 9.61. The zero-order chi connectivity index (χ0) is 18.4. The summed E-state index contributed by atoms with van der Waals surface area (Å²) < 4.78 is 0. The van der Waals surface area contributed by atoms with Gasteiger partial charge >= 0.3 is 0 Å². The van der Waals surface area contributed by atoms with Crippen LogP contribution < -0.4 is 5.32 Å². The van der Waals surface area contributed by atoms with Crippen molar-refractivity contribution >= 4 is 11.8 Å². The predicted molar refractivity (Wildman–Crippen MR) is 98.2 cm³/mol. The first kappa shape index (κ1) is 18.6. The summed E-state index contributed by atoms with van der Waals surface area (Å²) in [4.78, 5) is 32.1. The number of likely N-dealkylation sites (tertiary alicyclic amines) is 2. The lowest BCUT2D eigenvalue weighted by Crippen LogP contribution is -2.63. The fraction of sp³-hybridized carbons (Fsp3) is 0.895. The van der Waals surface area contributed by atoms with E-state index in [0.29, 0.717) is 13.0 Å². The molecule has 0 unspecified atom stereocenters. The Morgan fingerprint density at radius 1 is 1.20 bits per heavy atom. The smallest absolute Gasteiger partial charge is 0.237 e. The molecule has 2 bridgehead atoms. The highest BCUT2D eigenvalue weighted by atomic mass is 16.2. The van der Waals surface area contributed by atoms with Crippen molar-refractivity contribution in [2.75, 3.05) is 46.3 Å². The Balaban J connectivity index is 1.72. The molecule has 142 valence electrons. The van der Waals surface area contributed by atoms with Crippen LogP contribution in [0.1, 0.15) is 40.5 Å². The molecule has 6 nitrogen and oxygen atoms in total. The van der Waals surface area contributed by atoms with Crippen LogP contribution in [0.2, 0.25) is 0 Å². The number of piperidine rings is 2. The molecule has 0 saturated carbocycles. The summed E-state index contributed by atoms with van der Waals surface area (Å²) in [6.07, 6.45) is 1.47. The molecule has 3 atom stereocenters. The summed E-state index contributed by atoms with van der Waals surface area (Å²) >= 11 is 0. The summed E-state index contributed by atoms with van der Waals surface area (Å²) in [6, 6.07) is -0.0560. The number of fused-ring (bicyclic) bond motifs is 2. The van der Waals surface area contributed by atoms with Gasteiger partial charge in [0.1, 0.15) is 0 Å². The summed E-state index contributed by atoms with van der Waals surface area (Å²) in [6.45, 7) is 14.0. The molecule has 1 N–H and O–H groups in total. The molecule has 0 spiro atoms. The van der Waals surface area contributed by atoms with Crippen LogP contribution in [-0.2, 0) is 9.59 Å². The molecular weight excluding hydrogens is 316 g/mol. The molecule has 0 aromatic rings. The monoisotopic (exact) mass is 350 g/mol. The molecule has 0 aliphatic carbocycles.